The Bertz CT molecular complexity index is 328. The van der Waals surface area contributed by atoms with E-state index in [0.29, 0.717) is 11.5 Å². The zero-order valence-electron chi connectivity index (χ0n) is 10.7. The Morgan fingerprint density at radius 2 is 2.00 bits per heavy atom. The standard InChI is InChI=1S/C14H22BrN/c1-5-16-13(14(2,3)4)10-11-7-6-8-12(15)9-11/h6-9,13,16H,5,10H2,1-4H3. The predicted molar refractivity (Wildman–Crippen MR) is 74.8 cm³/mol. The number of nitrogens with one attached hydrogen (secondary N) is 1. The number of hydrogen-bond donors (Lipinski definition) is 1. The van der Waals surface area contributed by atoms with E-state index in [-0.39, 0.29) is 0 Å². The largest absolute Gasteiger partial charge is 0.313 e. The van der Waals surface area contributed by atoms with Gasteiger partial charge < -0.3 is 5.32 Å². The van der Waals surface area contributed by atoms with Crippen molar-refractivity contribution >= 4 is 15.9 Å². The van der Waals surface area contributed by atoms with Gasteiger partial charge >= 0.3 is 0 Å². The maximum atomic E-state index is 3.58. The highest BCUT2D eigenvalue weighted by Crippen LogP contribution is 2.23. The molecular formula is C14H22BrN. The summed E-state index contributed by atoms with van der Waals surface area (Å²) in [5.74, 6) is 0. The van der Waals surface area contributed by atoms with Crippen LogP contribution in [0.5, 0.6) is 0 Å². The van der Waals surface area contributed by atoms with E-state index in [2.05, 4.69) is 73.2 Å². The quantitative estimate of drug-likeness (QED) is 0.880. The lowest BCUT2D eigenvalue weighted by atomic mass is 9.83. The van der Waals surface area contributed by atoms with Gasteiger partial charge in [0.25, 0.3) is 0 Å². The monoisotopic (exact) mass is 283 g/mol. The zero-order valence-corrected chi connectivity index (χ0v) is 12.3. The van der Waals surface area contributed by atoms with E-state index < -0.39 is 0 Å². The molecule has 1 rings (SSSR count). The third kappa shape index (κ3) is 4.26. The van der Waals surface area contributed by atoms with Crippen LogP contribution >= 0.6 is 15.9 Å². The van der Waals surface area contributed by atoms with E-state index in [1.165, 1.54) is 5.56 Å². The molecule has 1 nitrogen and oxygen atoms in total. The van der Waals surface area contributed by atoms with Gasteiger partial charge in [-0.05, 0) is 36.1 Å². The summed E-state index contributed by atoms with van der Waals surface area (Å²) in [5.41, 5.74) is 1.67. The van der Waals surface area contributed by atoms with E-state index in [4.69, 9.17) is 0 Å². The molecule has 1 N–H and O–H groups in total. The van der Waals surface area contributed by atoms with Crippen molar-refractivity contribution in [3.63, 3.8) is 0 Å². The Morgan fingerprint density at radius 3 is 2.50 bits per heavy atom. The van der Waals surface area contributed by atoms with E-state index >= 15 is 0 Å². The first kappa shape index (κ1) is 13.7. The van der Waals surface area contributed by atoms with E-state index in [1.54, 1.807) is 0 Å². The van der Waals surface area contributed by atoms with Gasteiger partial charge in [-0.15, -0.1) is 0 Å². The fraction of sp³-hybridized carbons (Fsp3) is 0.571. The molecule has 1 aromatic rings. The number of rotatable bonds is 4. The molecule has 0 heterocycles. The number of likely N-dealkylation sites (N-methyl/N-ethyl adjacent to an activating group) is 1. The van der Waals surface area contributed by atoms with Crippen molar-refractivity contribution in [1.29, 1.82) is 0 Å². The SMILES string of the molecule is CCNC(Cc1cccc(Br)c1)C(C)(C)C. The molecule has 2 heteroatoms. The second kappa shape index (κ2) is 5.83. The molecule has 90 valence electrons. The molecule has 0 fully saturated rings. The van der Waals surface area contributed by atoms with Crippen LogP contribution in [-0.4, -0.2) is 12.6 Å². The molecule has 0 saturated heterocycles. The molecule has 0 radical (unpaired) electrons. The first-order valence-electron chi connectivity index (χ1n) is 5.91. The van der Waals surface area contributed by atoms with Crippen LogP contribution < -0.4 is 5.32 Å². The normalized spacial score (nSPS) is 13.8. The van der Waals surface area contributed by atoms with Gasteiger partial charge in [-0.1, -0.05) is 55.8 Å². The molecule has 1 atom stereocenters. The minimum absolute atomic E-state index is 0.290. The Balaban J connectivity index is 2.76. The molecule has 0 saturated carbocycles. The van der Waals surface area contributed by atoms with Gasteiger partial charge in [0.1, 0.15) is 0 Å². The molecule has 0 aliphatic heterocycles. The Kier molecular flexibility index (Phi) is 5.00. The molecule has 0 aromatic heterocycles. The topological polar surface area (TPSA) is 12.0 Å². The molecule has 1 unspecified atom stereocenters. The van der Waals surface area contributed by atoms with Crippen molar-refractivity contribution in [2.75, 3.05) is 6.54 Å². The van der Waals surface area contributed by atoms with Crippen molar-refractivity contribution in [3.05, 3.63) is 34.3 Å². The summed E-state index contributed by atoms with van der Waals surface area (Å²) in [6.45, 7) is 10.1. The van der Waals surface area contributed by atoms with Crippen molar-refractivity contribution in [2.45, 2.75) is 40.2 Å². The molecule has 0 bridgehead atoms. The van der Waals surface area contributed by atoms with E-state index in [0.717, 1.165) is 17.4 Å². The fourth-order valence-corrected chi connectivity index (χ4v) is 2.28. The highest BCUT2D eigenvalue weighted by molar-refractivity contribution is 9.10. The van der Waals surface area contributed by atoms with Crippen LogP contribution in [0, 0.1) is 5.41 Å². The van der Waals surface area contributed by atoms with Gasteiger partial charge in [0.15, 0.2) is 0 Å². The minimum atomic E-state index is 0.290. The summed E-state index contributed by atoms with van der Waals surface area (Å²) >= 11 is 3.52. The fourth-order valence-electron chi connectivity index (χ4n) is 1.83. The van der Waals surface area contributed by atoms with Gasteiger partial charge in [0.2, 0.25) is 0 Å². The molecule has 0 spiro atoms. The highest BCUT2D eigenvalue weighted by atomic mass is 79.9. The number of hydrogen-bond acceptors (Lipinski definition) is 1. The van der Waals surface area contributed by atoms with Crippen LogP contribution in [0.3, 0.4) is 0 Å². The van der Waals surface area contributed by atoms with Gasteiger partial charge in [-0.25, -0.2) is 0 Å². The average Bonchev–Trinajstić information content (AvgIpc) is 2.16. The van der Waals surface area contributed by atoms with Crippen molar-refractivity contribution < 1.29 is 0 Å². The number of benzene rings is 1. The van der Waals surface area contributed by atoms with Gasteiger partial charge in [0.05, 0.1) is 0 Å². The van der Waals surface area contributed by atoms with Crippen molar-refractivity contribution in [1.82, 2.24) is 5.32 Å². The Labute approximate surface area is 108 Å². The molecule has 16 heavy (non-hydrogen) atoms. The van der Waals surface area contributed by atoms with E-state index in [9.17, 15) is 0 Å². The molecule has 1 aromatic carbocycles. The Morgan fingerprint density at radius 1 is 1.31 bits per heavy atom. The lowest BCUT2D eigenvalue weighted by Gasteiger charge is -2.31. The van der Waals surface area contributed by atoms with Crippen LogP contribution in [0.4, 0.5) is 0 Å². The second-order valence-corrected chi connectivity index (χ2v) is 6.23. The smallest absolute Gasteiger partial charge is 0.0178 e. The van der Waals surface area contributed by atoms with Crippen molar-refractivity contribution in [2.24, 2.45) is 5.41 Å². The molecule has 0 aliphatic rings. The maximum Gasteiger partial charge on any atom is 0.0178 e. The van der Waals surface area contributed by atoms with Crippen LogP contribution in [0.25, 0.3) is 0 Å². The number of halogens is 1. The summed E-state index contributed by atoms with van der Waals surface area (Å²) in [5, 5.41) is 3.58. The second-order valence-electron chi connectivity index (χ2n) is 5.31. The lowest BCUT2D eigenvalue weighted by Crippen LogP contribution is -2.41. The van der Waals surface area contributed by atoms with Crippen LogP contribution in [0.1, 0.15) is 33.3 Å². The predicted octanol–water partition coefficient (Wildman–Crippen LogP) is 4.02. The summed E-state index contributed by atoms with van der Waals surface area (Å²) < 4.78 is 1.16. The third-order valence-corrected chi connectivity index (χ3v) is 3.32. The van der Waals surface area contributed by atoms with Gasteiger partial charge in [0, 0.05) is 10.5 Å². The first-order valence-corrected chi connectivity index (χ1v) is 6.70. The van der Waals surface area contributed by atoms with E-state index in [1.807, 2.05) is 0 Å². The molecule has 0 aliphatic carbocycles. The van der Waals surface area contributed by atoms with Gasteiger partial charge in [-0.3, -0.25) is 0 Å². The summed E-state index contributed by atoms with van der Waals surface area (Å²) in [4.78, 5) is 0. The zero-order chi connectivity index (χ0) is 12.2. The summed E-state index contributed by atoms with van der Waals surface area (Å²) in [6, 6.07) is 9.09. The third-order valence-electron chi connectivity index (χ3n) is 2.82. The van der Waals surface area contributed by atoms with Gasteiger partial charge in [-0.2, -0.15) is 0 Å². The first-order chi connectivity index (χ1) is 7.43. The van der Waals surface area contributed by atoms with Crippen LogP contribution in [0.2, 0.25) is 0 Å². The minimum Gasteiger partial charge on any atom is -0.313 e. The molecular weight excluding hydrogens is 262 g/mol. The van der Waals surface area contributed by atoms with Crippen LogP contribution in [0.15, 0.2) is 28.7 Å². The average molecular weight is 284 g/mol. The highest BCUT2D eigenvalue weighted by Gasteiger charge is 2.23. The van der Waals surface area contributed by atoms with Crippen LogP contribution in [-0.2, 0) is 6.42 Å². The summed E-state index contributed by atoms with van der Waals surface area (Å²) in [7, 11) is 0. The maximum absolute atomic E-state index is 3.58. The lowest BCUT2D eigenvalue weighted by molar-refractivity contribution is 0.270. The van der Waals surface area contributed by atoms with Crippen molar-refractivity contribution in [3.8, 4) is 0 Å². The molecule has 0 amide bonds. The summed E-state index contributed by atoms with van der Waals surface area (Å²) in [6.07, 6.45) is 1.08. The Hall–Kier alpha value is -0.340.